The minimum atomic E-state index is 0.713. The van der Waals surface area contributed by atoms with Gasteiger partial charge in [-0.25, -0.2) is 19.9 Å². The third-order valence-electron chi connectivity index (χ3n) is 6.35. The fourth-order valence-electron chi connectivity index (χ4n) is 4.45. The van der Waals surface area contributed by atoms with Gasteiger partial charge in [-0.3, -0.25) is 0 Å². The average molecular weight is 503 g/mol. The monoisotopic (exact) mass is 502 g/mol. The summed E-state index contributed by atoms with van der Waals surface area (Å²) in [4.78, 5) is 22.1. The highest BCUT2D eigenvalue weighted by molar-refractivity contribution is 7.98. The molecule has 0 aliphatic rings. The van der Waals surface area contributed by atoms with Gasteiger partial charge in [0.15, 0.2) is 10.8 Å². The summed E-state index contributed by atoms with van der Waals surface area (Å²) in [5.74, 6) is 1.01. The van der Waals surface area contributed by atoms with Gasteiger partial charge in [-0.2, -0.15) is 0 Å². The molecule has 0 bridgehead atoms. The Kier molecular flexibility index (Phi) is 6.62. The van der Waals surface area contributed by atoms with Crippen LogP contribution >= 0.6 is 11.8 Å². The van der Waals surface area contributed by atoms with E-state index in [9.17, 15) is 0 Å². The summed E-state index contributed by atoms with van der Waals surface area (Å²) in [5.41, 5.74) is 8.22. The Balaban J connectivity index is 1.20. The molecule has 3 heterocycles. The van der Waals surface area contributed by atoms with Crippen LogP contribution in [0.4, 0.5) is 0 Å². The molecular weight excluding hydrogens is 476 g/mol. The number of nitrogens with zero attached hydrogens (tertiary/aromatic N) is 4. The number of para-hydroxylation sites is 2. The molecule has 0 aliphatic heterocycles. The molecule has 6 aromatic rings. The number of hydrogen-bond acceptors (Lipinski definition) is 6. The Labute approximate surface area is 219 Å². The number of thioether (sulfide) groups is 1. The van der Waals surface area contributed by atoms with E-state index in [1.807, 2.05) is 36.7 Å². The number of imidazole rings is 1. The molecule has 3 aromatic carbocycles. The maximum absolute atomic E-state index is 5.00. The van der Waals surface area contributed by atoms with Gasteiger partial charge in [0, 0.05) is 42.2 Å². The van der Waals surface area contributed by atoms with Crippen molar-refractivity contribution in [3.63, 3.8) is 0 Å². The van der Waals surface area contributed by atoms with Crippen LogP contribution in [0.15, 0.2) is 96.3 Å². The van der Waals surface area contributed by atoms with Crippen LogP contribution in [-0.2, 0) is 13.0 Å². The van der Waals surface area contributed by atoms with Crippen LogP contribution in [0.3, 0.4) is 0 Å². The van der Waals surface area contributed by atoms with Crippen LogP contribution in [0, 0.1) is 0 Å². The molecule has 0 atom stereocenters. The number of nitrogens with one attached hydrogen (secondary N) is 2. The SMILES string of the molecule is CSc1ncc2cc(-c3ccccc3)c(-c3ccc(CNCCc4nc5ccccc5[nH]4)cc3)nc2n1. The van der Waals surface area contributed by atoms with Gasteiger partial charge in [-0.05, 0) is 35.6 Å². The standard InChI is InChI=1S/C30H26N6S/c1-37-30-32-19-23-17-24(21-7-3-2-4-8-21)28(35-29(23)36-30)22-13-11-20(12-14-22)18-31-16-15-27-33-25-9-5-6-10-26(25)34-27/h2-14,17,19,31H,15-16,18H2,1H3,(H,33,34). The fraction of sp³-hybridized carbons (Fsp3) is 0.133. The Morgan fingerprint density at radius 1 is 0.838 bits per heavy atom. The fourth-order valence-corrected chi connectivity index (χ4v) is 4.78. The van der Waals surface area contributed by atoms with Crippen LogP contribution in [0.5, 0.6) is 0 Å². The molecular formula is C30H26N6S. The number of aromatic nitrogens is 5. The highest BCUT2D eigenvalue weighted by Gasteiger charge is 2.13. The molecule has 0 aliphatic carbocycles. The van der Waals surface area contributed by atoms with Crippen molar-refractivity contribution in [3.05, 3.63) is 103 Å². The Morgan fingerprint density at radius 3 is 2.46 bits per heavy atom. The molecule has 0 fully saturated rings. The molecule has 0 amide bonds. The number of rotatable bonds is 8. The molecule has 0 radical (unpaired) electrons. The number of H-pyrrole nitrogens is 1. The molecule has 0 unspecified atom stereocenters. The van der Waals surface area contributed by atoms with Crippen LogP contribution in [0.25, 0.3) is 44.5 Å². The molecule has 182 valence electrons. The molecule has 0 spiro atoms. The van der Waals surface area contributed by atoms with Crippen molar-refractivity contribution in [3.8, 4) is 22.4 Å². The predicted molar refractivity (Wildman–Crippen MR) is 151 cm³/mol. The summed E-state index contributed by atoms with van der Waals surface area (Å²) < 4.78 is 0. The first-order valence-corrected chi connectivity index (χ1v) is 13.5. The smallest absolute Gasteiger partial charge is 0.189 e. The first kappa shape index (κ1) is 23.3. The van der Waals surface area contributed by atoms with Gasteiger partial charge < -0.3 is 10.3 Å². The normalized spacial score (nSPS) is 11.4. The maximum atomic E-state index is 5.00. The van der Waals surface area contributed by atoms with Gasteiger partial charge in [-0.15, -0.1) is 0 Å². The molecule has 0 saturated heterocycles. The maximum Gasteiger partial charge on any atom is 0.189 e. The van der Waals surface area contributed by atoms with Crippen molar-refractivity contribution in [2.24, 2.45) is 0 Å². The molecule has 0 saturated carbocycles. The zero-order chi connectivity index (χ0) is 25.0. The summed E-state index contributed by atoms with van der Waals surface area (Å²) in [6, 6.07) is 29.3. The highest BCUT2D eigenvalue weighted by atomic mass is 32.2. The average Bonchev–Trinajstić information content (AvgIpc) is 3.38. The molecule has 37 heavy (non-hydrogen) atoms. The second-order valence-electron chi connectivity index (χ2n) is 8.84. The summed E-state index contributed by atoms with van der Waals surface area (Å²) in [5, 5.41) is 5.19. The lowest BCUT2D eigenvalue weighted by Crippen LogP contribution is -2.17. The second-order valence-corrected chi connectivity index (χ2v) is 9.62. The van der Waals surface area contributed by atoms with Gasteiger partial charge in [0.25, 0.3) is 0 Å². The first-order valence-electron chi connectivity index (χ1n) is 12.3. The van der Waals surface area contributed by atoms with E-state index in [-0.39, 0.29) is 0 Å². The lowest BCUT2D eigenvalue weighted by atomic mass is 9.98. The van der Waals surface area contributed by atoms with E-state index in [4.69, 9.17) is 4.98 Å². The van der Waals surface area contributed by atoms with E-state index in [2.05, 4.69) is 85.9 Å². The zero-order valence-electron chi connectivity index (χ0n) is 20.5. The predicted octanol–water partition coefficient (Wildman–Crippen LogP) is 6.29. The second kappa shape index (κ2) is 10.5. The van der Waals surface area contributed by atoms with E-state index >= 15 is 0 Å². The summed E-state index contributed by atoms with van der Waals surface area (Å²) >= 11 is 1.52. The van der Waals surface area contributed by atoms with Crippen LogP contribution in [-0.4, -0.2) is 37.7 Å². The van der Waals surface area contributed by atoms with Crippen molar-refractivity contribution in [1.82, 2.24) is 30.2 Å². The number of hydrogen-bond donors (Lipinski definition) is 2. The van der Waals surface area contributed by atoms with Crippen LogP contribution in [0.2, 0.25) is 0 Å². The zero-order valence-corrected chi connectivity index (χ0v) is 21.3. The van der Waals surface area contributed by atoms with E-state index < -0.39 is 0 Å². The summed E-state index contributed by atoms with van der Waals surface area (Å²) in [6.45, 7) is 1.64. The van der Waals surface area contributed by atoms with E-state index in [0.717, 1.165) is 69.3 Å². The van der Waals surface area contributed by atoms with Crippen molar-refractivity contribution in [2.45, 2.75) is 18.1 Å². The lowest BCUT2D eigenvalue weighted by Gasteiger charge is -2.12. The first-order chi connectivity index (χ1) is 18.3. The van der Waals surface area contributed by atoms with Gasteiger partial charge in [0.2, 0.25) is 0 Å². The number of aromatic amines is 1. The molecule has 6 nitrogen and oxygen atoms in total. The topological polar surface area (TPSA) is 79.4 Å². The Hall–Kier alpha value is -4.07. The third-order valence-corrected chi connectivity index (χ3v) is 6.91. The van der Waals surface area contributed by atoms with Crippen LogP contribution < -0.4 is 5.32 Å². The Morgan fingerprint density at radius 2 is 1.65 bits per heavy atom. The van der Waals surface area contributed by atoms with Crippen molar-refractivity contribution >= 4 is 33.8 Å². The summed E-state index contributed by atoms with van der Waals surface area (Å²) in [7, 11) is 0. The summed E-state index contributed by atoms with van der Waals surface area (Å²) in [6.07, 6.45) is 4.69. The third kappa shape index (κ3) is 5.09. The van der Waals surface area contributed by atoms with Crippen molar-refractivity contribution in [2.75, 3.05) is 12.8 Å². The highest BCUT2D eigenvalue weighted by Crippen LogP contribution is 2.33. The minimum Gasteiger partial charge on any atom is -0.342 e. The number of fused-ring (bicyclic) bond motifs is 2. The molecule has 6 rings (SSSR count). The number of pyridine rings is 1. The molecule has 7 heteroatoms. The van der Waals surface area contributed by atoms with Gasteiger partial charge in [0.05, 0.1) is 16.7 Å². The van der Waals surface area contributed by atoms with Gasteiger partial charge in [-0.1, -0.05) is 78.5 Å². The van der Waals surface area contributed by atoms with Gasteiger partial charge in [0.1, 0.15) is 5.82 Å². The largest absolute Gasteiger partial charge is 0.342 e. The Bertz CT molecular complexity index is 1630. The van der Waals surface area contributed by atoms with E-state index in [1.165, 1.54) is 17.3 Å². The molecule has 2 N–H and O–H groups in total. The van der Waals surface area contributed by atoms with Crippen molar-refractivity contribution in [1.29, 1.82) is 0 Å². The number of benzene rings is 3. The van der Waals surface area contributed by atoms with Crippen LogP contribution in [0.1, 0.15) is 11.4 Å². The van der Waals surface area contributed by atoms with Gasteiger partial charge >= 0.3 is 0 Å². The lowest BCUT2D eigenvalue weighted by molar-refractivity contribution is 0.675. The van der Waals surface area contributed by atoms with E-state index in [0.29, 0.717) is 5.65 Å². The quantitative estimate of drug-likeness (QED) is 0.145. The molecule has 3 aromatic heterocycles. The minimum absolute atomic E-state index is 0.713. The van der Waals surface area contributed by atoms with Crippen molar-refractivity contribution < 1.29 is 0 Å². The van der Waals surface area contributed by atoms with E-state index in [1.54, 1.807) is 0 Å².